The highest BCUT2D eigenvalue weighted by Gasteiger charge is 2.11. The predicted molar refractivity (Wildman–Crippen MR) is 80.2 cm³/mol. The van der Waals surface area contributed by atoms with Crippen molar-refractivity contribution in [3.8, 4) is 0 Å². The lowest BCUT2D eigenvalue weighted by Gasteiger charge is -2.16. The number of carboxylic acids is 1. The number of carboxylic acid groups (broad SMARTS) is 1. The van der Waals surface area contributed by atoms with Crippen molar-refractivity contribution in [3.63, 3.8) is 0 Å². The van der Waals surface area contributed by atoms with Gasteiger partial charge in [-0.3, -0.25) is 0 Å². The van der Waals surface area contributed by atoms with Gasteiger partial charge in [0.15, 0.2) is 5.13 Å². The molecule has 1 heterocycles. The average Bonchev–Trinajstić information content (AvgIpc) is 2.83. The van der Waals surface area contributed by atoms with Gasteiger partial charge >= 0.3 is 5.97 Å². The summed E-state index contributed by atoms with van der Waals surface area (Å²) in [5.74, 6) is -0.879. The molecule has 6 heteroatoms. The van der Waals surface area contributed by atoms with Gasteiger partial charge in [-0.2, -0.15) is 0 Å². The van der Waals surface area contributed by atoms with Crippen LogP contribution in [0.15, 0.2) is 34.2 Å². The second kappa shape index (κ2) is 6.16. The van der Waals surface area contributed by atoms with E-state index in [1.165, 1.54) is 0 Å². The molecule has 0 saturated heterocycles. The number of thiazole rings is 1. The van der Waals surface area contributed by atoms with Crippen molar-refractivity contribution in [1.29, 1.82) is 0 Å². The summed E-state index contributed by atoms with van der Waals surface area (Å²) in [5.41, 5.74) is 1.22. The summed E-state index contributed by atoms with van der Waals surface area (Å²) in [7, 11) is 1.95. The Morgan fingerprint density at radius 3 is 2.84 bits per heavy atom. The van der Waals surface area contributed by atoms with Crippen LogP contribution in [0.25, 0.3) is 0 Å². The molecule has 0 radical (unpaired) electrons. The molecule has 1 aromatic carbocycles. The predicted octanol–water partition coefficient (Wildman–Crippen LogP) is 3.28. The highest BCUT2D eigenvalue weighted by Crippen LogP contribution is 2.22. The van der Waals surface area contributed by atoms with E-state index in [-0.39, 0.29) is 0 Å². The Kier molecular flexibility index (Phi) is 4.55. The highest BCUT2D eigenvalue weighted by atomic mass is 79.9. The van der Waals surface area contributed by atoms with Crippen molar-refractivity contribution in [2.75, 3.05) is 18.5 Å². The van der Waals surface area contributed by atoms with Gasteiger partial charge in [0.05, 0.1) is 5.56 Å². The molecule has 0 atom stereocenters. The monoisotopic (exact) mass is 340 g/mol. The van der Waals surface area contributed by atoms with Crippen molar-refractivity contribution in [3.05, 3.63) is 45.4 Å². The van der Waals surface area contributed by atoms with E-state index in [2.05, 4.69) is 20.9 Å². The van der Waals surface area contributed by atoms with Gasteiger partial charge in [-0.15, -0.1) is 11.3 Å². The quantitative estimate of drug-likeness (QED) is 0.907. The largest absolute Gasteiger partial charge is 0.478 e. The van der Waals surface area contributed by atoms with Crippen LogP contribution in [0.3, 0.4) is 0 Å². The fourth-order valence-electron chi connectivity index (χ4n) is 1.75. The Balaban J connectivity index is 2.05. The number of carbonyl (C=O) groups is 1. The number of benzene rings is 1. The Hall–Kier alpha value is -1.40. The summed E-state index contributed by atoms with van der Waals surface area (Å²) >= 11 is 4.88. The second-order valence-electron chi connectivity index (χ2n) is 4.09. The van der Waals surface area contributed by atoms with E-state index in [4.69, 9.17) is 5.11 Å². The zero-order chi connectivity index (χ0) is 13.8. The summed E-state index contributed by atoms with van der Waals surface area (Å²) in [6.07, 6.45) is 0.677. The van der Waals surface area contributed by atoms with Crippen molar-refractivity contribution >= 4 is 38.4 Å². The van der Waals surface area contributed by atoms with Gasteiger partial charge < -0.3 is 10.0 Å². The minimum atomic E-state index is -0.879. The van der Waals surface area contributed by atoms with Gasteiger partial charge in [0.2, 0.25) is 0 Å². The molecule has 1 aromatic heterocycles. The molecule has 0 bridgehead atoms. The Morgan fingerprint density at radius 1 is 1.47 bits per heavy atom. The topological polar surface area (TPSA) is 53.4 Å². The molecule has 0 aliphatic carbocycles. The van der Waals surface area contributed by atoms with Crippen molar-refractivity contribution in [1.82, 2.24) is 4.98 Å². The van der Waals surface area contributed by atoms with E-state index in [0.29, 0.717) is 12.0 Å². The van der Waals surface area contributed by atoms with Crippen LogP contribution in [0.2, 0.25) is 0 Å². The third kappa shape index (κ3) is 3.54. The maximum absolute atomic E-state index is 11.1. The first-order valence-corrected chi connectivity index (χ1v) is 7.38. The molecule has 2 rings (SSSR count). The SMILES string of the molecule is CN(CCc1ccccc1C(=O)O)c1nc(Br)cs1. The molecule has 0 fully saturated rings. The Morgan fingerprint density at radius 2 is 2.21 bits per heavy atom. The summed E-state index contributed by atoms with van der Waals surface area (Å²) in [6.45, 7) is 0.726. The van der Waals surface area contributed by atoms with Gasteiger partial charge in [-0.05, 0) is 34.0 Å². The lowest BCUT2D eigenvalue weighted by molar-refractivity contribution is 0.0695. The standard InChI is InChI=1S/C13H13BrN2O2S/c1-16(13-15-11(14)8-19-13)7-6-9-4-2-3-5-10(9)12(17)18/h2-5,8H,6-7H2,1H3,(H,17,18). The molecule has 2 aromatic rings. The van der Waals surface area contributed by atoms with Gasteiger partial charge in [0, 0.05) is 19.0 Å². The molecule has 0 unspecified atom stereocenters. The summed E-state index contributed by atoms with van der Waals surface area (Å²) in [6, 6.07) is 7.10. The van der Waals surface area contributed by atoms with E-state index >= 15 is 0 Å². The van der Waals surface area contributed by atoms with Crippen LogP contribution in [0.1, 0.15) is 15.9 Å². The minimum absolute atomic E-state index is 0.371. The summed E-state index contributed by atoms with van der Waals surface area (Å²) in [4.78, 5) is 17.5. The van der Waals surface area contributed by atoms with Crippen LogP contribution < -0.4 is 4.90 Å². The zero-order valence-electron chi connectivity index (χ0n) is 10.3. The van der Waals surface area contributed by atoms with Crippen LogP contribution in [-0.2, 0) is 6.42 Å². The summed E-state index contributed by atoms with van der Waals surface area (Å²) in [5, 5.41) is 12.0. The Bertz CT molecular complexity index is 586. The van der Waals surface area contributed by atoms with Crippen molar-refractivity contribution in [2.24, 2.45) is 0 Å². The van der Waals surface area contributed by atoms with E-state index in [0.717, 1.165) is 21.8 Å². The molecular formula is C13H13BrN2O2S. The molecule has 0 amide bonds. The maximum atomic E-state index is 11.1. The van der Waals surface area contributed by atoms with Crippen molar-refractivity contribution < 1.29 is 9.90 Å². The van der Waals surface area contributed by atoms with E-state index in [9.17, 15) is 4.79 Å². The van der Waals surface area contributed by atoms with Gasteiger partial charge in [-0.25, -0.2) is 9.78 Å². The lowest BCUT2D eigenvalue weighted by atomic mass is 10.0. The number of nitrogens with zero attached hydrogens (tertiary/aromatic N) is 2. The van der Waals surface area contributed by atoms with Crippen LogP contribution in [-0.4, -0.2) is 29.7 Å². The Labute approximate surface area is 123 Å². The minimum Gasteiger partial charge on any atom is -0.478 e. The number of halogens is 1. The zero-order valence-corrected chi connectivity index (χ0v) is 12.7. The van der Waals surface area contributed by atoms with E-state index in [1.807, 2.05) is 29.5 Å². The van der Waals surface area contributed by atoms with Crippen LogP contribution >= 0.6 is 27.3 Å². The van der Waals surface area contributed by atoms with Gasteiger partial charge in [0.1, 0.15) is 4.60 Å². The number of hydrogen-bond donors (Lipinski definition) is 1. The number of hydrogen-bond acceptors (Lipinski definition) is 4. The normalized spacial score (nSPS) is 10.4. The lowest BCUT2D eigenvalue weighted by Crippen LogP contribution is -2.20. The molecule has 0 aliphatic heterocycles. The highest BCUT2D eigenvalue weighted by molar-refractivity contribution is 9.10. The molecule has 0 saturated carbocycles. The number of aromatic nitrogens is 1. The van der Waals surface area contributed by atoms with E-state index < -0.39 is 5.97 Å². The van der Waals surface area contributed by atoms with E-state index in [1.54, 1.807) is 23.5 Å². The molecule has 100 valence electrons. The fraction of sp³-hybridized carbons (Fsp3) is 0.231. The third-order valence-electron chi connectivity index (χ3n) is 2.75. The fourth-order valence-corrected chi connectivity index (χ4v) is 2.99. The van der Waals surface area contributed by atoms with Gasteiger partial charge in [-0.1, -0.05) is 18.2 Å². The molecule has 19 heavy (non-hydrogen) atoms. The average molecular weight is 341 g/mol. The molecule has 1 N–H and O–H groups in total. The molecule has 0 aliphatic rings. The molecule has 0 spiro atoms. The first-order valence-electron chi connectivity index (χ1n) is 5.71. The number of anilines is 1. The third-order valence-corrected chi connectivity index (χ3v) is 4.42. The van der Waals surface area contributed by atoms with Crippen molar-refractivity contribution in [2.45, 2.75) is 6.42 Å². The number of rotatable bonds is 5. The molecular weight excluding hydrogens is 328 g/mol. The number of aromatic carboxylic acids is 1. The second-order valence-corrected chi connectivity index (χ2v) is 5.74. The number of likely N-dealkylation sites (N-methyl/N-ethyl adjacent to an activating group) is 1. The smallest absolute Gasteiger partial charge is 0.335 e. The summed E-state index contributed by atoms with van der Waals surface area (Å²) < 4.78 is 0.824. The first-order chi connectivity index (χ1) is 9.08. The van der Waals surface area contributed by atoms with Gasteiger partial charge in [0.25, 0.3) is 0 Å². The van der Waals surface area contributed by atoms with Crippen LogP contribution in [0, 0.1) is 0 Å². The van der Waals surface area contributed by atoms with Crippen LogP contribution in [0.4, 0.5) is 5.13 Å². The molecule has 4 nitrogen and oxygen atoms in total. The maximum Gasteiger partial charge on any atom is 0.335 e. The van der Waals surface area contributed by atoms with Crippen LogP contribution in [0.5, 0.6) is 0 Å². The first kappa shape index (κ1) is 14.0.